The number of fused-ring (bicyclic) bond motifs is 1. The maximum atomic E-state index is 13.3. The van der Waals surface area contributed by atoms with Crippen LogP contribution in [0.25, 0.3) is 5.78 Å². The Hall–Kier alpha value is -2.95. The van der Waals surface area contributed by atoms with Crippen LogP contribution in [-0.2, 0) is 0 Å². The Balaban J connectivity index is 1.60. The molecule has 1 saturated carbocycles. The van der Waals surface area contributed by atoms with E-state index in [2.05, 4.69) is 20.1 Å². The van der Waals surface area contributed by atoms with Gasteiger partial charge in [0.05, 0.1) is 24.5 Å². The van der Waals surface area contributed by atoms with Crippen molar-refractivity contribution in [2.24, 2.45) is 0 Å². The number of halogens is 2. The molecule has 3 aromatic rings. The standard InChI is InChI=1S/C17H19F2N7O2/c1-9-7-12(14(18)19)26-17(21-9)22-15(23-26)16(28)24(2)10-3-4-11(13(10)27)25-6-5-20-8-25/h5-8,10-11,13-14,27H,3-4H2,1-2H3/t10-,11-,13-/m1/s1. The van der Waals surface area contributed by atoms with E-state index in [1.807, 2.05) is 4.57 Å². The minimum Gasteiger partial charge on any atom is -0.389 e. The first-order valence-electron chi connectivity index (χ1n) is 8.82. The molecule has 1 aliphatic rings. The quantitative estimate of drug-likeness (QED) is 0.722. The molecule has 0 spiro atoms. The highest BCUT2D eigenvalue weighted by Gasteiger charge is 2.40. The highest BCUT2D eigenvalue weighted by atomic mass is 19.3. The molecule has 0 aromatic carbocycles. The molecule has 0 saturated heterocycles. The van der Waals surface area contributed by atoms with Gasteiger partial charge in [-0.3, -0.25) is 4.79 Å². The summed E-state index contributed by atoms with van der Waals surface area (Å²) in [5.41, 5.74) is -0.0188. The minimum absolute atomic E-state index is 0.0599. The molecule has 28 heavy (non-hydrogen) atoms. The Labute approximate surface area is 158 Å². The Morgan fingerprint density at radius 1 is 1.36 bits per heavy atom. The molecule has 3 atom stereocenters. The topological polar surface area (TPSA) is 101 Å². The van der Waals surface area contributed by atoms with Crippen LogP contribution >= 0.6 is 0 Å². The maximum absolute atomic E-state index is 13.3. The smallest absolute Gasteiger partial charge is 0.293 e. The molecule has 4 rings (SSSR count). The summed E-state index contributed by atoms with van der Waals surface area (Å²) in [7, 11) is 1.55. The predicted molar refractivity (Wildman–Crippen MR) is 92.9 cm³/mol. The van der Waals surface area contributed by atoms with E-state index in [4.69, 9.17) is 0 Å². The summed E-state index contributed by atoms with van der Waals surface area (Å²) in [6.07, 6.45) is 2.71. The summed E-state index contributed by atoms with van der Waals surface area (Å²) in [6, 6.07) is 0.572. The van der Waals surface area contributed by atoms with Crippen molar-refractivity contribution in [3.8, 4) is 0 Å². The highest BCUT2D eigenvalue weighted by molar-refractivity contribution is 5.91. The third-order valence-electron chi connectivity index (χ3n) is 5.15. The van der Waals surface area contributed by atoms with E-state index in [1.54, 1.807) is 32.7 Å². The van der Waals surface area contributed by atoms with Crippen LogP contribution in [0, 0.1) is 6.92 Å². The second-order valence-electron chi connectivity index (χ2n) is 6.90. The second-order valence-corrected chi connectivity index (χ2v) is 6.90. The highest BCUT2D eigenvalue weighted by Crippen LogP contribution is 2.33. The van der Waals surface area contributed by atoms with Crippen LogP contribution in [0.5, 0.6) is 0 Å². The van der Waals surface area contributed by atoms with Crippen molar-refractivity contribution in [2.75, 3.05) is 7.05 Å². The molecule has 1 amide bonds. The number of amides is 1. The number of carbonyl (C=O) groups excluding carboxylic acids is 1. The second kappa shape index (κ2) is 6.89. The molecule has 11 heteroatoms. The summed E-state index contributed by atoms with van der Waals surface area (Å²) < 4.78 is 29.2. The SMILES string of the molecule is Cc1cc(C(F)F)n2nc(C(=O)N(C)[C@@H]3CC[C@@H](n4ccnc4)[C@@H]3O)nc2n1. The molecule has 0 unspecified atom stereocenters. The van der Waals surface area contributed by atoms with E-state index >= 15 is 0 Å². The number of carbonyl (C=O) groups is 1. The number of aromatic nitrogens is 6. The van der Waals surface area contributed by atoms with Crippen molar-refractivity contribution in [1.82, 2.24) is 34.0 Å². The van der Waals surface area contributed by atoms with Gasteiger partial charge in [0.2, 0.25) is 5.82 Å². The fraction of sp³-hybridized carbons (Fsp3) is 0.471. The van der Waals surface area contributed by atoms with Crippen molar-refractivity contribution < 1.29 is 18.7 Å². The fourth-order valence-electron chi connectivity index (χ4n) is 3.72. The van der Waals surface area contributed by atoms with E-state index in [-0.39, 0.29) is 23.3 Å². The molecule has 3 aromatic heterocycles. The Morgan fingerprint density at radius 2 is 2.14 bits per heavy atom. The van der Waals surface area contributed by atoms with E-state index < -0.39 is 24.5 Å². The van der Waals surface area contributed by atoms with E-state index in [9.17, 15) is 18.7 Å². The number of imidazole rings is 1. The van der Waals surface area contributed by atoms with Gasteiger partial charge in [0, 0.05) is 25.1 Å². The summed E-state index contributed by atoms with van der Waals surface area (Å²) in [5.74, 6) is -0.852. The van der Waals surface area contributed by atoms with Crippen LogP contribution in [0.1, 0.15) is 47.3 Å². The van der Waals surface area contributed by atoms with Crippen molar-refractivity contribution in [1.29, 1.82) is 0 Å². The van der Waals surface area contributed by atoms with Gasteiger partial charge in [-0.2, -0.15) is 9.50 Å². The zero-order chi connectivity index (χ0) is 20.0. The molecule has 3 heterocycles. The zero-order valence-corrected chi connectivity index (χ0v) is 15.3. The Kier molecular flexibility index (Phi) is 4.53. The maximum Gasteiger partial charge on any atom is 0.293 e. The van der Waals surface area contributed by atoms with Crippen molar-refractivity contribution in [2.45, 2.75) is 44.4 Å². The molecular formula is C17H19F2N7O2. The van der Waals surface area contributed by atoms with E-state index in [1.165, 1.54) is 11.0 Å². The predicted octanol–water partition coefficient (Wildman–Crippen LogP) is 1.40. The van der Waals surface area contributed by atoms with Crippen LogP contribution in [0.4, 0.5) is 8.78 Å². The lowest BCUT2D eigenvalue weighted by Gasteiger charge is -2.28. The minimum atomic E-state index is -2.78. The molecule has 1 fully saturated rings. The average molecular weight is 391 g/mol. The summed E-state index contributed by atoms with van der Waals surface area (Å²) in [4.78, 5) is 26.3. The number of aliphatic hydroxyl groups excluding tert-OH is 1. The monoisotopic (exact) mass is 391 g/mol. The lowest BCUT2D eigenvalue weighted by atomic mass is 10.1. The van der Waals surface area contributed by atoms with Gasteiger partial charge in [-0.15, -0.1) is 5.10 Å². The van der Waals surface area contributed by atoms with Crippen LogP contribution in [0.2, 0.25) is 0 Å². The zero-order valence-electron chi connectivity index (χ0n) is 15.3. The molecule has 148 valence electrons. The Bertz CT molecular complexity index is 1000. The number of aliphatic hydroxyl groups is 1. The van der Waals surface area contributed by atoms with Gasteiger partial charge >= 0.3 is 0 Å². The van der Waals surface area contributed by atoms with Gasteiger partial charge in [-0.25, -0.2) is 18.7 Å². The lowest BCUT2D eigenvalue weighted by molar-refractivity contribution is 0.0434. The molecule has 0 radical (unpaired) electrons. The van der Waals surface area contributed by atoms with Crippen LogP contribution < -0.4 is 0 Å². The van der Waals surface area contributed by atoms with Gasteiger partial charge in [-0.05, 0) is 25.8 Å². The van der Waals surface area contributed by atoms with Gasteiger partial charge in [0.15, 0.2) is 0 Å². The van der Waals surface area contributed by atoms with Gasteiger partial charge in [0.25, 0.3) is 18.1 Å². The number of aryl methyl sites for hydroxylation is 1. The van der Waals surface area contributed by atoms with Crippen molar-refractivity contribution in [3.05, 3.63) is 42.0 Å². The third-order valence-corrected chi connectivity index (χ3v) is 5.15. The number of likely N-dealkylation sites (N-methyl/N-ethyl adjacent to an activating group) is 1. The number of alkyl halides is 2. The summed E-state index contributed by atoms with van der Waals surface area (Å²) in [6.45, 7) is 1.57. The number of nitrogens with zero attached hydrogens (tertiary/aromatic N) is 7. The molecular weight excluding hydrogens is 372 g/mol. The fourth-order valence-corrected chi connectivity index (χ4v) is 3.72. The van der Waals surface area contributed by atoms with Crippen molar-refractivity contribution in [3.63, 3.8) is 0 Å². The molecule has 1 aliphatic carbocycles. The summed E-state index contributed by atoms with van der Waals surface area (Å²) >= 11 is 0. The first kappa shape index (κ1) is 18.4. The largest absolute Gasteiger partial charge is 0.389 e. The molecule has 1 N–H and O–H groups in total. The average Bonchev–Trinajstić information content (AvgIpc) is 3.38. The third kappa shape index (κ3) is 3.01. The van der Waals surface area contributed by atoms with Gasteiger partial charge in [-0.1, -0.05) is 0 Å². The number of rotatable bonds is 4. The van der Waals surface area contributed by atoms with Gasteiger partial charge in [0.1, 0.15) is 5.69 Å². The first-order valence-corrected chi connectivity index (χ1v) is 8.82. The molecule has 0 aliphatic heterocycles. The number of hydrogen-bond acceptors (Lipinski definition) is 6. The van der Waals surface area contributed by atoms with E-state index in [0.29, 0.717) is 18.5 Å². The normalized spacial score (nSPS) is 22.3. The molecule has 9 nitrogen and oxygen atoms in total. The van der Waals surface area contributed by atoms with Crippen LogP contribution in [-0.4, -0.2) is 64.2 Å². The van der Waals surface area contributed by atoms with Crippen molar-refractivity contribution >= 4 is 11.7 Å². The lowest BCUT2D eigenvalue weighted by Crippen LogP contribution is -2.43. The van der Waals surface area contributed by atoms with E-state index in [0.717, 1.165) is 4.52 Å². The molecule has 0 bridgehead atoms. The Morgan fingerprint density at radius 3 is 2.82 bits per heavy atom. The first-order chi connectivity index (χ1) is 13.4. The van der Waals surface area contributed by atoms with Gasteiger partial charge < -0.3 is 14.6 Å². The number of hydrogen-bond donors (Lipinski definition) is 1. The van der Waals surface area contributed by atoms with Crippen LogP contribution in [0.3, 0.4) is 0 Å². The van der Waals surface area contributed by atoms with Crippen LogP contribution in [0.15, 0.2) is 24.8 Å². The summed E-state index contributed by atoms with van der Waals surface area (Å²) in [5, 5.41) is 14.6.